The lowest BCUT2D eigenvalue weighted by molar-refractivity contribution is -0.141. The highest BCUT2D eigenvalue weighted by atomic mass is 19.1. The summed E-state index contributed by atoms with van der Waals surface area (Å²) < 4.78 is 13.2. The van der Waals surface area contributed by atoms with Crippen LogP contribution in [0.4, 0.5) is 4.39 Å². The molecule has 1 aliphatic rings. The maximum Gasteiger partial charge on any atom is 0.309 e. The number of carbonyl (C=O) groups is 2. The number of benzene rings is 1. The fourth-order valence-electron chi connectivity index (χ4n) is 2.49. The summed E-state index contributed by atoms with van der Waals surface area (Å²) >= 11 is 0. The molecule has 1 aromatic carbocycles. The second-order valence-electron chi connectivity index (χ2n) is 5.24. The molecule has 2 aromatic rings. The van der Waals surface area contributed by atoms with Crippen LogP contribution in [0.3, 0.4) is 0 Å². The first-order chi connectivity index (χ1) is 10.5. The molecule has 0 radical (unpaired) electrons. The van der Waals surface area contributed by atoms with Gasteiger partial charge in [-0.2, -0.15) is 0 Å². The highest BCUT2D eigenvalue weighted by Crippen LogP contribution is 2.15. The molecule has 7 nitrogen and oxygen atoms in total. The van der Waals surface area contributed by atoms with Crippen molar-refractivity contribution in [2.24, 2.45) is 5.92 Å². The molecule has 1 aromatic heterocycles. The number of nitrogens with zero attached hydrogens (tertiary/aromatic N) is 2. The summed E-state index contributed by atoms with van der Waals surface area (Å²) in [5.74, 6) is -2.31. The Labute approximate surface area is 125 Å². The zero-order valence-corrected chi connectivity index (χ0v) is 11.7. The summed E-state index contributed by atoms with van der Waals surface area (Å²) in [6, 6.07) is 4.03. The molecule has 116 valence electrons. The molecule has 0 aliphatic carbocycles. The highest BCUT2D eigenvalue weighted by molar-refractivity contribution is 5.94. The van der Waals surface area contributed by atoms with E-state index in [0.29, 0.717) is 30.7 Å². The Balaban J connectivity index is 1.85. The largest absolute Gasteiger partial charge is 0.481 e. The average molecular weight is 306 g/mol. The molecular weight excluding hydrogens is 291 g/mol. The fraction of sp³-hybridized carbons (Fsp3) is 0.357. The number of fused-ring (bicyclic) bond motifs is 1. The molecular formula is C14H15FN4O3. The van der Waals surface area contributed by atoms with E-state index >= 15 is 0 Å². The maximum atomic E-state index is 13.2. The average Bonchev–Trinajstić information content (AvgIpc) is 2.74. The molecule has 0 spiro atoms. The molecule has 1 fully saturated rings. The third-order valence-corrected chi connectivity index (χ3v) is 3.67. The van der Waals surface area contributed by atoms with Crippen molar-refractivity contribution >= 4 is 22.9 Å². The third kappa shape index (κ3) is 2.77. The van der Waals surface area contributed by atoms with E-state index in [1.165, 1.54) is 23.1 Å². The predicted molar refractivity (Wildman–Crippen MR) is 76.0 cm³/mol. The minimum atomic E-state index is -0.945. The minimum absolute atomic E-state index is 0.0895. The van der Waals surface area contributed by atoms with Crippen LogP contribution in [0.1, 0.15) is 10.6 Å². The van der Waals surface area contributed by atoms with E-state index in [2.05, 4.69) is 15.3 Å². The maximum absolute atomic E-state index is 13.2. The molecule has 0 bridgehead atoms. The van der Waals surface area contributed by atoms with E-state index in [-0.39, 0.29) is 18.3 Å². The predicted octanol–water partition coefficient (Wildman–Crippen LogP) is 0.448. The molecule has 3 N–H and O–H groups in total. The van der Waals surface area contributed by atoms with Crippen LogP contribution in [0.15, 0.2) is 18.2 Å². The van der Waals surface area contributed by atoms with E-state index in [0.717, 1.165) is 0 Å². The highest BCUT2D eigenvalue weighted by Gasteiger charge is 2.28. The number of carbonyl (C=O) groups excluding carboxylic acids is 1. The van der Waals surface area contributed by atoms with Gasteiger partial charge in [0.1, 0.15) is 5.82 Å². The van der Waals surface area contributed by atoms with Crippen molar-refractivity contribution in [1.82, 2.24) is 20.2 Å². The number of rotatable bonds is 2. The van der Waals surface area contributed by atoms with Crippen molar-refractivity contribution in [1.29, 1.82) is 0 Å². The second kappa shape index (κ2) is 5.72. The van der Waals surface area contributed by atoms with E-state index in [1.54, 1.807) is 0 Å². The van der Waals surface area contributed by atoms with Crippen LogP contribution in [0.25, 0.3) is 11.0 Å². The van der Waals surface area contributed by atoms with Gasteiger partial charge in [-0.1, -0.05) is 0 Å². The molecule has 3 rings (SSSR count). The Bertz CT molecular complexity index is 730. The second-order valence-corrected chi connectivity index (χ2v) is 5.24. The zero-order chi connectivity index (χ0) is 15.7. The number of carboxylic acids is 1. The van der Waals surface area contributed by atoms with Crippen molar-refractivity contribution in [2.45, 2.75) is 0 Å². The van der Waals surface area contributed by atoms with E-state index < -0.39 is 17.7 Å². The number of amides is 1. The Hall–Kier alpha value is -2.48. The summed E-state index contributed by atoms with van der Waals surface area (Å²) in [6.45, 7) is 1.36. The van der Waals surface area contributed by atoms with Gasteiger partial charge in [-0.3, -0.25) is 9.59 Å². The minimum Gasteiger partial charge on any atom is -0.481 e. The van der Waals surface area contributed by atoms with Crippen LogP contribution < -0.4 is 5.32 Å². The number of imidazole rings is 1. The zero-order valence-electron chi connectivity index (χ0n) is 11.7. The van der Waals surface area contributed by atoms with Gasteiger partial charge in [0.25, 0.3) is 5.91 Å². The van der Waals surface area contributed by atoms with Crippen molar-refractivity contribution in [3.8, 4) is 0 Å². The molecule has 1 saturated heterocycles. The van der Waals surface area contributed by atoms with E-state index in [4.69, 9.17) is 5.11 Å². The molecule has 1 unspecified atom stereocenters. The number of nitrogens with one attached hydrogen (secondary N) is 2. The topological polar surface area (TPSA) is 98.3 Å². The lowest BCUT2D eigenvalue weighted by Gasteiger charge is -2.20. The van der Waals surface area contributed by atoms with Gasteiger partial charge >= 0.3 is 5.97 Å². The molecule has 1 amide bonds. The first kappa shape index (κ1) is 14.5. The van der Waals surface area contributed by atoms with Crippen LogP contribution in [0.5, 0.6) is 0 Å². The Morgan fingerprint density at radius 1 is 1.41 bits per heavy atom. The molecule has 0 saturated carbocycles. The van der Waals surface area contributed by atoms with Crippen molar-refractivity contribution in [3.63, 3.8) is 0 Å². The summed E-state index contributed by atoms with van der Waals surface area (Å²) in [5, 5.41) is 12.1. The normalized spacial score (nSPS) is 19.1. The van der Waals surface area contributed by atoms with Crippen LogP contribution in [-0.4, -0.2) is 58.0 Å². The Morgan fingerprint density at radius 2 is 2.23 bits per heavy atom. The number of halogens is 1. The van der Waals surface area contributed by atoms with Gasteiger partial charge in [0, 0.05) is 26.2 Å². The number of aliphatic carboxylic acids is 1. The lowest BCUT2D eigenvalue weighted by Crippen LogP contribution is -2.38. The smallest absolute Gasteiger partial charge is 0.309 e. The number of hydrogen-bond donors (Lipinski definition) is 3. The summed E-state index contributed by atoms with van der Waals surface area (Å²) in [6.07, 6.45) is 0. The first-order valence-corrected chi connectivity index (χ1v) is 6.92. The van der Waals surface area contributed by atoms with Crippen LogP contribution in [-0.2, 0) is 4.79 Å². The molecule has 2 heterocycles. The van der Waals surface area contributed by atoms with Crippen LogP contribution in [0, 0.1) is 11.7 Å². The Kier molecular flexibility index (Phi) is 3.76. The van der Waals surface area contributed by atoms with Crippen LogP contribution >= 0.6 is 0 Å². The third-order valence-electron chi connectivity index (χ3n) is 3.67. The number of aromatic amines is 1. The molecule has 8 heteroatoms. The first-order valence-electron chi connectivity index (χ1n) is 6.92. The van der Waals surface area contributed by atoms with Gasteiger partial charge in [-0.05, 0) is 18.2 Å². The molecule has 1 aliphatic heterocycles. The number of carboxylic acid groups (broad SMARTS) is 1. The number of aromatic nitrogens is 2. The molecule has 22 heavy (non-hydrogen) atoms. The number of hydrogen-bond acceptors (Lipinski definition) is 4. The van der Waals surface area contributed by atoms with Gasteiger partial charge in [-0.15, -0.1) is 0 Å². The SMILES string of the molecule is O=C(O)C1CNCCN(C(=O)c2nc3ccc(F)cc3[nH]2)C1. The van der Waals surface area contributed by atoms with E-state index in [9.17, 15) is 14.0 Å². The van der Waals surface area contributed by atoms with Gasteiger partial charge in [0.15, 0.2) is 5.82 Å². The number of H-pyrrole nitrogens is 1. The Morgan fingerprint density at radius 3 is 3.00 bits per heavy atom. The monoisotopic (exact) mass is 306 g/mol. The van der Waals surface area contributed by atoms with E-state index in [1.807, 2.05) is 0 Å². The lowest BCUT2D eigenvalue weighted by atomic mass is 10.1. The van der Waals surface area contributed by atoms with Gasteiger partial charge in [0.05, 0.1) is 17.0 Å². The summed E-state index contributed by atoms with van der Waals surface area (Å²) in [4.78, 5) is 32.0. The van der Waals surface area contributed by atoms with Gasteiger partial charge < -0.3 is 20.3 Å². The summed E-state index contributed by atoms with van der Waals surface area (Å²) in [5.41, 5.74) is 0.929. The van der Waals surface area contributed by atoms with Crippen molar-refractivity contribution in [2.75, 3.05) is 26.2 Å². The summed E-state index contributed by atoms with van der Waals surface area (Å²) in [7, 11) is 0. The van der Waals surface area contributed by atoms with Crippen molar-refractivity contribution in [3.05, 3.63) is 29.8 Å². The van der Waals surface area contributed by atoms with Crippen molar-refractivity contribution < 1.29 is 19.1 Å². The quantitative estimate of drug-likeness (QED) is 0.748. The fourth-order valence-corrected chi connectivity index (χ4v) is 2.49. The molecule has 1 atom stereocenters. The van der Waals surface area contributed by atoms with Gasteiger partial charge in [0.2, 0.25) is 0 Å². The standard InChI is InChI=1S/C14H15FN4O3/c15-9-1-2-10-11(5-9)18-12(17-10)13(20)19-4-3-16-6-8(7-19)14(21)22/h1-2,5,8,16H,3-4,6-7H2,(H,17,18)(H,21,22). The van der Waals surface area contributed by atoms with Gasteiger partial charge in [-0.25, -0.2) is 9.37 Å². The van der Waals surface area contributed by atoms with Crippen LogP contribution in [0.2, 0.25) is 0 Å².